The van der Waals surface area contributed by atoms with Gasteiger partial charge in [0.2, 0.25) is 0 Å². The molecule has 2 rings (SSSR count). The van der Waals surface area contributed by atoms with Crippen molar-refractivity contribution in [2.45, 2.75) is 38.0 Å². The van der Waals surface area contributed by atoms with Crippen LogP contribution in [0.15, 0.2) is 0 Å². The molecule has 1 aromatic heterocycles. The maximum absolute atomic E-state index is 4.57. The maximum Gasteiger partial charge on any atom is 0.153 e. The first-order valence-electron chi connectivity index (χ1n) is 5.81. The average Bonchev–Trinajstić information content (AvgIpc) is 2.85. The van der Waals surface area contributed by atoms with Gasteiger partial charge in [0.15, 0.2) is 5.82 Å². The predicted octanol–water partition coefficient (Wildman–Crippen LogP) is 1.57. The summed E-state index contributed by atoms with van der Waals surface area (Å²) in [5, 5.41) is 7.37. The van der Waals surface area contributed by atoms with Gasteiger partial charge in [-0.2, -0.15) is 5.10 Å². The number of H-pyrrole nitrogens is 1. The molecule has 0 spiro atoms. The van der Waals surface area contributed by atoms with Gasteiger partial charge in [-0.3, -0.25) is 5.10 Å². The zero-order valence-corrected chi connectivity index (χ0v) is 9.66. The van der Waals surface area contributed by atoms with E-state index in [0.29, 0.717) is 5.92 Å². The van der Waals surface area contributed by atoms with Gasteiger partial charge < -0.3 is 4.90 Å². The van der Waals surface area contributed by atoms with Crippen molar-refractivity contribution in [2.75, 3.05) is 20.6 Å². The molecule has 0 unspecified atom stereocenters. The van der Waals surface area contributed by atoms with E-state index in [-0.39, 0.29) is 0 Å². The molecule has 0 atom stereocenters. The average molecular weight is 208 g/mol. The Balaban J connectivity index is 1.91. The molecule has 1 aliphatic carbocycles. The van der Waals surface area contributed by atoms with E-state index < -0.39 is 0 Å². The lowest BCUT2D eigenvalue weighted by atomic mass is 10.1. The lowest BCUT2D eigenvalue weighted by molar-refractivity contribution is 0.409. The van der Waals surface area contributed by atoms with Gasteiger partial charge in [0.25, 0.3) is 0 Å². The summed E-state index contributed by atoms with van der Waals surface area (Å²) in [6.45, 7) is 1.03. The van der Waals surface area contributed by atoms with Crippen LogP contribution in [0.2, 0.25) is 0 Å². The van der Waals surface area contributed by atoms with E-state index in [1.54, 1.807) is 0 Å². The number of hydrogen-bond donors (Lipinski definition) is 1. The SMILES string of the molecule is CN(C)CCc1nc(C2CCCC2)n[nH]1. The minimum absolute atomic E-state index is 0.620. The Bertz CT molecular complexity index is 299. The van der Waals surface area contributed by atoms with Gasteiger partial charge in [-0.1, -0.05) is 12.8 Å². The molecule has 1 N–H and O–H groups in total. The molecular weight excluding hydrogens is 188 g/mol. The van der Waals surface area contributed by atoms with E-state index in [2.05, 4.69) is 34.2 Å². The highest BCUT2D eigenvalue weighted by molar-refractivity contribution is 5.00. The van der Waals surface area contributed by atoms with Crippen LogP contribution in [0, 0.1) is 0 Å². The second-order valence-electron chi connectivity index (χ2n) is 4.67. The van der Waals surface area contributed by atoms with E-state index >= 15 is 0 Å². The van der Waals surface area contributed by atoms with Crippen LogP contribution < -0.4 is 0 Å². The molecule has 0 aliphatic heterocycles. The highest BCUT2D eigenvalue weighted by atomic mass is 15.2. The Morgan fingerprint density at radius 1 is 1.33 bits per heavy atom. The standard InChI is InChI=1S/C11H20N4/c1-15(2)8-7-10-12-11(14-13-10)9-5-3-4-6-9/h9H,3-8H2,1-2H3,(H,12,13,14). The first kappa shape index (κ1) is 10.6. The van der Waals surface area contributed by atoms with E-state index in [1.165, 1.54) is 25.7 Å². The zero-order chi connectivity index (χ0) is 10.7. The van der Waals surface area contributed by atoms with Crippen molar-refractivity contribution >= 4 is 0 Å². The summed E-state index contributed by atoms with van der Waals surface area (Å²) in [7, 11) is 4.16. The van der Waals surface area contributed by atoms with Gasteiger partial charge in [0, 0.05) is 18.9 Å². The maximum atomic E-state index is 4.57. The predicted molar refractivity (Wildman–Crippen MR) is 59.8 cm³/mol. The third-order valence-electron chi connectivity index (χ3n) is 3.07. The van der Waals surface area contributed by atoms with Crippen molar-refractivity contribution in [1.29, 1.82) is 0 Å². The number of likely N-dealkylation sites (N-methyl/N-ethyl adjacent to an activating group) is 1. The third kappa shape index (κ3) is 2.78. The normalized spacial score (nSPS) is 17.8. The molecule has 0 aromatic carbocycles. The van der Waals surface area contributed by atoms with Crippen LogP contribution in [0.1, 0.15) is 43.3 Å². The molecule has 1 aliphatic rings. The number of rotatable bonds is 4. The summed E-state index contributed by atoms with van der Waals surface area (Å²) in [5.74, 6) is 2.70. The minimum Gasteiger partial charge on any atom is -0.309 e. The van der Waals surface area contributed by atoms with Gasteiger partial charge >= 0.3 is 0 Å². The van der Waals surface area contributed by atoms with Crippen LogP contribution in [-0.2, 0) is 6.42 Å². The highest BCUT2D eigenvalue weighted by Crippen LogP contribution is 2.31. The van der Waals surface area contributed by atoms with E-state index in [9.17, 15) is 0 Å². The summed E-state index contributed by atoms with van der Waals surface area (Å²) < 4.78 is 0. The van der Waals surface area contributed by atoms with Crippen molar-refractivity contribution in [3.05, 3.63) is 11.6 Å². The summed E-state index contributed by atoms with van der Waals surface area (Å²) in [4.78, 5) is 6.74. The van der Waals surface area contributed by atoms with E-state index in [1.807, 2.05) is 0 Å². The first-order valence-corrected chi connectivity index (χ1v) is 5.81. The number of nitrogens with one attached hydrogen (secondary N) is 1. The van der Waals surface area contributed by atoms with Gasteiger partial charge in [0.05, 0.1) is 0 Å². The summed E-state index contributed by atoms with van der Waals surface area (Å²) in [6, 6.07) is 0. The van der Waals surface area contributed by atoms with Crippen LogP contribution in [0.3, 0.4) is 0 Å². The molecule has 0 radical (unpaired) electrons. The fraction of sp³-hybridized carbons (Fsp3) is 0.818. The Hall–Kier alpha value is -0.900. The molecule has 1 aromatic rings. The number of aromatic nitrogens is 3. The van der Waals surface area contributed by atoms with Gasteiger partial charge in [-0.15, -0.1) is 0 Å². The number of nitrogens with zero attached hydrogens (tertiary/aromatic N) is 3. The summed E-state index contributed by atoms with van der Waals surface area (Å²) in [6.07, 6.45) is 6.18. The van der Waals surface area contributed by atoms with Crippen LogP contribution in [0.5, 0.6) is 0 Å². The van der Waals surface area contributed by atoms with Crippen molar-refractivity contribution in [3.63, 3.8) is 0 Å². The molecule has 1 fully saturated rings. The smallest absolute Gasteiger partial charge is 0.153 e. The fourth-order valence-electron chi connectivity index (χ4n) is 2.12. The molecule has 15 heavy (non-hydrogen) atoms. The minimum atomic E-state index is 0.620. The fourth-order valence-corrected chi connectivity index (χ4v) is 2.12. The van der Waals surface area contributed by atoms with Gasteiger partial charge in [0.1, 0.15) is 5.82 Å². The molecule has 4 nitrogen and oxygen atoms in total. The molecule has 0 amide bonds. The van der Waals surface area contributed by atoms with Gasteiger partial charge in [-0.25, -0.2) is 4.98 Å². The quantitative estimate of drug-likeness (QED) is 0.817. The third-order valence-corrected chi connectivity index (χ3v) is 3.07. The second kappa shape index (κ2) is 4.75. The number of aromatic amines is 1. The lowest BCUT2D eigenvalue weighted by Gasteiger charge is -2.06. The monoisotopic (exact) mass is 208 g/mol. The first-order chi connectivity index (χ1) is 7.25. The van der Waals surface area contributed by atoms with E-state index in [4.69, 9.17) is 0 Å². The summed E-state index contributed by atoms with van der Waals surface area (Å²) in [5.41, 5.74) is 0. The Morgan fingerprint density at radius 3 is 2.73 bits per heavy atom. The molecule has 84 valence electrons. The lowest BCUT2D eigenvalue weighted by Crippen LogP contribution is -2.15. The van der Waals surface area contributed by atoms with Crippen molar-refractivity contribution in [2.24, 2.45) is 0 Å². The van der Waals surface area contributed by atoms with Crippen molar-refractivity contribution < 1.29 is 0 Å². The molecule has 1 saturated carbocycles. The zero-order valence-electron chi connectivity index (χ0n) is 9.66. The Morgan fingerprint density at radius 2 is 2.07 bits per heavy atom. The van der Waals surface area contributed by atoms with Gasteiger partial charge in [-0.05, 0) is 26.9 Å². The van der Waals surface area contributed by atoms with Crippen molar-refractivity contribution in [1.82, 2.24) is 20.1 Å². The molecular formula is C11H20N4. The highest BCUT2D eigenvalue weighted by Gasteiger charge is 2.20. The van der Waals surface area contributed by atoms with Crippen LogP contribution in [0.25, 0.3) is 0 Å². The van der Waals surface area contributed by atoms with E-state index in [0.717, 1.165) is 24.6 Å². The molecule has 0 bridgehead atoms. The van der Waals surface area contributed by atoms with Crippen molar-refractivity contribution in [3.8, 4) is 0 Å². The van der Waals surface area contributed by atoms with Crippen LogP contribution >= 0.6 is 0 Å². The molecule has 4 heteroatoms. The molecule has 0 saturated heterocycles. The molecule has 1 heterocycles. The number of hydrogen-bond acceptors (Lipinski definition) is 3. The summed E-state index contributed by atoms with van der Waals surface area (Å²) >= 11 is 0. The van der Waals surface area contributed by atoms with Crippen LogP contribution in [0.4, 0.5) is 0 Å². The Labute approximate surface area is 91.1 Å². The largest absolute Gasteiger partial charge is 0.309 e. The van der Waals surface area contributed by atoms with Crippen LogP contribution in [-0.4, -0.2) is 40.7 Å². The Kier molecular flexibility index (Phi) is 3.36. The second-order valence-corrected chi connectivity index (χ2v) is 4.67. The topological polar surface area (TPSA) is 44.8 Å².